The molecule has 21 heavy (non-hydrogen) atoms. The van der Waals surface area contributed by atoms with Gasteiger partial charge in [0.05, 0.1) is 29.2 Å². The summed E-state index contributed by atoms with van der Waals surface area (Å²) in [6.45, 7) is 2.61. The second kappa shape index (κ2) is 4.96. The van der Waals surface area contributed by atoms with Crippen molar-refractivity contribution in [3.8, 4) is 10.6 Å². The van der Waals surface area contributed by atoms with Gasteiger partial charge in [0.15, 0.2) is 5.76 Å². The molecule has 0 radical (unpaired) electrons. The van der Waals surface area contributed by atoms with Crippen molar-refractivity contribution in [1.29, 1.82) is 0 Å². The molecular formula is C15H16N2O3S. The second-order valence-electron chi connectivity index (χ2n) is 5.54. The van der Waals surface area contributed by atoms with Gasteiger partial charge in [-0.1, -0.05) is 11.2 Å². The van der Waals surface area contributed by atoms with Crippen LogP contribution in [0.25, 0.3) is 10.6 Å². The van der Waals surface area contributed by atoms with Crippen molar-refractivity contribution in [1.82, 2.24) is 10.1 Å². The van der Waals surface area contributed by atoms with Crippen LogP contribution in [0.5, 0.6) is 0 Å². The van der Waals surface area contributed by atoms with E-state index in [4.69, 9.17) is 9.26 Å². The molecule has 2 fully saturated rings. The lowest BCUT2D eigenvalue weighted by molar-refractivity contribution is -0.138. The van der Waals surface area contributed by atoms with Crippen molar-refractivity contribution in [2.45, 2.75) is 18.3 Å². The molecule has 2 aliphatic rings. The Morgan fingerprint density at radius 2 is 2.14 bits per heavy atom. The van der Waals surface area contributed by atoms with Crippen molar-refractivity contribution in [3.63, 3.8) is 0 Å². The van der Waals surface area contributed by atoms with Crippen LogP contribution >= 0.6 is 11.3 Å². The van der Waals surface area contributed by atoms with Gasteiger partial charge in [-0.3, -0.25) is 4.79 Å². The zero-order chi connectivity index (χ0) is 14.3. The monoisotopic (exact) mass is 304 g/mol. The molecule has 0 bridgehead atoms. The number of hydrogen-bond donors (Lipinski definition) is 0. The first kappa shape index (κ1) is 13.0. The van der Waals surface area contributed by atoms with Gasteiger partial charge in [0.1, 0.15) is 0 Å². The maximum atomic E-state index is 12.8. The zero-order valence-corrected chi connectivity index (χ0v) is 12.4. The predicted octanol–water partition coefficient (Wildman–Crippen LogP) is 2.29. The summed E-state index contributed by atoms with van der Waals surface area (Å²) in [5, 5.41) is 6.18. The Hall–Kier alpha value is -1.66. The molecule has 1 amide bonds. The zero-order valence-electron chi connectivity index (χ0n) is 11.6. The minimum absolute atomic E-state index is 0.178. The SMILES string of the molecule is O=C(N1CCOCC1)C1(c2cc(-c3cccs3)on2)CC1. The number of morpholine rings is 1. The van der Waals surface area contributed by atoms with Gasteiger partial charge >= 0.3 is 0 Å². The Morgan fingerprint density at radius 3 is 2.81 bits per heavy atom. The van der Waals surface area contributed by atoms with Crippen LogP contribution in [0.15, 0.2) is 28.1 Å². The molecule has 5 nitrogen and oxygen atoms in total. The summed E-state index contributed by atoms with van der Waals surface area (Å²) in [5.74, 6) is 0.929. The molecule has 6 heteroatoms. The average Bonchev–Trinajstić information content (AvgIpc) is 2.95. The average molecular weight is 304 g/mol. The van der Waals surface area contributed by atoms with Crippen molar-refractivity contribution in [3.05, 3.63) is 29.3 Å². The fraction of sp³-hybridized carbons (Fsp3) is 0.467. The van der Waals surface area contributed by atoms with E-state index in [1.807, 2.05) is 28.5 Å². The third-order valence-corrected chi connectivity index (χ3v) is 5.11. The predicted molar refractivity (Wildman–Crippen MR) is 78.1 cm³/mol. The van der Waals surface area contributed by atoms with E-state index in [2.05, 4.69) is 5.16 Å². The molecule has 110 valence electrons. The number of carbonyl (C=O) groups is 1. The number of carbonyl (C=O) groups excluding carboxylic acids is 1. The van der Waals surface area contributed by atoms with Crippen LogP contribution in [-0.4, -0.2) is 42.3 Å². The molecule has 1 aliphatic carbocycles. The summed E-state index contributed by atoms with van der Waals surface area (Å²) >= 11 is 1.61. The molecule has 0 spiro atoms. The minimum atomic E-state index is -0.448. The van der Waals surface area contributed by atoms with Gasteiger partial charge in [0.25, 0.3) is 0 Å². The molecule has 3 heterocycles. The molecule has 4 rings (SSSR count). The van der Waals surface area contributed by atoms with Crippen molar-refractivity contribution in [2.24, 2.45) is 0 Å². The Labute approximate surface area is 126 Å². The summed E-state index contributed by atoms with van der Waals surface area (Å²) in [7, 11) is 0. The van der Waals surface area contributed by atoms with E-state index in [0.29, 0.717) is 26.3 Å². The minimum Gasteiger partial charge on any atom is -0.378 e. The van der Waals surface area contributed by atoms with E-state index in [-0.39, 0.29) is 5.91 Å². The van der Waals surface area contributed by atoms with Gasteiger partial charge in [-0.05, 0) is 24.3 Å². The van der Waals surface area contributed by atoms with Crippen LogP contribution in [0.3, 0.4) is 0 Å². The van der Waals surface area contributed by atoms with Gasteiger partial charge in [-0.25, -0.2) is 0 Å². The summed E-state index contributed by atoms with van der Waals surface area (Å²) in [6, 6.07) is 5.91. The van der Waals surface area contributed by atoms with Crippen LogP contribution in [-0.2, 0) is 14.9 Å². The van der Waals surface area contributed by atoms with Crippen LogP contribution in [0.2, 0.25) is 0 Å². The van der Waals surface area contributed by atoms with Crippen LogP contribution in [0.1, 0.15) is 18.5 Å². The Kier molecular flexibility index (Phi) is 3.08. The third kappa shape index (κ3) is 2.18. The molecule has 0 unspecified atom stereocenters. The molecule has 2 aromatic heterocycles. The number of rotatable bonds is 3. The number of ether oxygens (including phenoxy) is 1. The molecule has 2 aromatic rings. The van der Waals surface area contributed by atoms with E-state index in [0.717, 1.165) is 29.2 Å². The number of aromatic nitrogens is 1. The highest BCUT2D eigenvalue weighted by molar-refractivity contribution is 7.13. The summed E-state index contributed by atoms with van der Waals surface area (Å²) in [6.07, 6.45) is 1.72. The van der Waals surface area contributed by atoms with E-state index in [1.54, 1.807) is 11.3 Å². The molecular weight excluding hydrogens is 288 g/mol. The van der Waals surface area contributed by atoms with Gasteiger partial charge < -0.3 is 14.2 Å². The van der Waals surface area contributed by atoms with Crippen LogP contribution in [0, 0.1) is 0 Å². The highest BCUT2D eigenvalue weighted by atomic mass is 32.1. The van der Waals surface area contributed by atoms with Crippen molar-refractivity contribution in [2.75, 3.05) is 26.3 Å². The lowest BCUT2D eigenvalue weighted by atomic mass is 10.00. The van der Waals surface area contributed by atoms with Crippen LogP contribution in [0.4, 0.5) is 0 Å². The van der Waals surface area contributed by atoms with Crippen molar-refractivity contribution < 1.29 is 14.1 Å². The number of amides is 1. The largest absolute Gasteiger partial charge is 0.378 e. The second-order valence-corrected chi connectivity index (χ2v) is 6.49. The first-order valence-corrected chi connectivity index (χ1v) is 8.06. The standard InChI is InChI=1S/C15H16N2O3S/c18-14(17-5-7-19-8-6-17)15(3-4-15)13-10-11(20-16-13)12-2-1-9-21-12/h1-2,9-10H,3-8H2. The summed E-state index contributed by atoms with van der Waals surface area (Å²) in [5.41, 5.74) is 0.332. The Balaban J connectivity index is 1.59. The summed E-state index contributed by atoms with van der Waals surface area (Å²) < 4.78 is 10.8. The number of nitrogens with zero attached hydrogens (tertiary/aromatic N) is 2. The smallest absolute Gasteiger partial charge is 0.235 e. The number of hydrogen-bond acceptors (Lipinski definition) is 5. The normalized spacial score (nSPS) is 20.5. The molecule has 1 saturated carbocycles. The van der Waals surface area contributed by atoms with Gasteiger partial charge in [-0.15, -0.1) is 11.3 Å². The maximum Gasteiger partial charge on any atom is 0.235 e. The van der Waals surface area contributed by atoms with E-state index in [9.17, 15) is 4.79 Å². The fourth-order valence-corrected chi connectivity index (χ4v) is 3.48. The summed E-state index contributed by atoms with van der Waals surface area (Å²) in [4.78, 5) is 15.7. The first-order chi connectivity index (χ1) is 10.3. The molecule has 0 N–H and O–H groups in total. The third-order valence-electron chi connectivity index (χ3n) is 4.22. The van der Waals surface area contributed by atoms with E-state index < -0.39 is 5.41 Å². The van der Waals surface area contributed by atoms with Crippen molar-refractivity contribution >= 4 is 17.2 Å². The topological polar surface area (TPSA) is 55.6 Å². The van der Waals surface area contributed by atoms with Gasteiger partial charge in [0.2, 0.25) is 5.91 Å². The lowest BCUT2D eigenvalue weighted by Gasteiger charge is -2.29. The molecule has 0 atom stereocenters. The van der Waals surface area contributed by atoms with E-state index >= 15 is 0 Å². The van der Waals surface area contributed by atoms with Gasteiger partial charge in [-0.2, -0.15) is 0 Å². The highest BCUT2D eigenvalue weighted by Crippen LogP contribution is 2.50. The maximum absolute atomic E-state index is 12.8. The van der Waals surface area contributed by atoms with E-state index in [1.165, 1.54) is 0 Å². The molecule has 1 saturated heterocycles. The van der Waals surface area contributed by atoms with Gasteiger partial charge in [0, 0.05) is 19.2 Å². The number of thiophene rings is 1. The first-order valence-electron chi connectivity index (χ1n) is 7.18. The lowest BCUT2D eigenvalue weighted by Crippen LogP contribution is -2.45. The fourth-order valence-electron chi connectivity index (χ4n) is 2.81. The molecule has 0 aromatic carbocycles. The Bertz CT molecular complexity index is 640. The molecule has 1 aliphatic heterocycles. The Morgan fingerprint density at radius 1 is 1.33 bits per heavy atom. The quantitative estimate of drug-likeness (QED) is 0.873. The van der Waals surface area contributed by atoms with Crippen LogP contribution < -0.4 is 0 Å². The highest BCUT2D eigenvalue weighted by Gasteiger charge is 2.55.